The molecule has 2 nitrogen and oxygen atoms in total. The first-order valence-corrected chi connectivity index (χ1v) is 9.31. The van der Waals surface area contributed by atoms with Crippen LogP contribution in [-0.4, -0.2) is 10.2 Å². The van der Waals surface area contributed by atoms with Crippen LogP contribution in [0.3, 0.4) is 0 Å². The third-order valence-electron chi connectivity index (χ3n) is 4.74. The van der Waals surface area contributed by atoms with Crippen molar-refractivity contribution in [2.24, 2.45) is 0 Å². The van der Waals surface area contributed by atoms with Gasteiger partial charge < -0.3 is 10.2 Å². The van der Waals surface area contributed by atoms with Gasteiger partial charge in [-0.1, -0.05) is 79.7 Å². The van der Waals surface area contributed by atoms with Gasteiger partial charge in [0.15, 0.2) is 0 Å². The molecule has 0 aliphatic heterocycles. The molecule has 0 bridgehead atoms. The lowest BCUT2D eigenvalue weighted by Crippen LogP contribution is -2.19. The van der Waals surface area contributed by atoms with Crippen LogP contribution in [0, 0.1) is 0 Å². The summed E-state index contributed by atoms with van der Waals surface area (Å²) in [4.78, 5) is 0. The first-order chi connectivity index (χ1) is 11.6. The van der Waals surface area contributed by atoms with Crippen molar-refractivity contribution in [1.82, 2.24) is 0 Å². The van der Waals surface area contributed by atoms with Crippen LogP contribution in [0.15, 0.2) is 36.4 Å². The molecule has 2 aromatic carbocycles. The smallest absolute Gasteiger partial charge is 0.119 e. The largest absolute Gasteiger partial charge is 0.508 e. The second-order valence-corrected chi connectivity index (χ2v) is 7.48. The van der Waals surface area contributed by atoms with Crippen LogP contribution < -0.4 is 0 Å². The van der Waals surface area contributed by atoms with Crippen molar-refractivity contribution in [2.75, 3.05) is 0 Å². The minimum Gasteiger partial charge on any atom is -0.508 e. The van der Waals surface area contributed by atoms with E-state index in [-0.39, 0.29) is 17.3 Å². The Balaban J connectivity index is 0.00000151. The first-order valence-electron chi connectivity index (χ1n) is 9.31. The van der Waals surface area contributed by atoms with Crippen molar-refractivity contribution >= 4 is 0 Å². The van der Waals surface area contributed by atoms with Gasteiger partial charge in [-0.15, -0.1) is 0 Å². The summed E-state index contributed by atoms with van der Waals surface area (Å²) >= 11 is 0. The Morgan fingerprint density at radius 2 is 1.00 bits per heavy atom. The second kappa shape index (κ2) is 8.42. The van der Waals surface area contributed by atoms with E-state index in [1.807, 2.05) is 26.0 Å². The summed E-state index contributed by atoms with van der Waals surface area (Å²) in [7, 11) is 0. The highest BCUT2D eigenvalue weighted by atomic mass is 16.3. The van der Waals surface area contributed by atoms with Gasteiger partial charge >= 0.3 is 0 Å². The molecule has 2 rings (SSSR count). The fraction of sp³-hybridized carbons (Fsp3) is 0.478. The van der Waals surface area contributed by atoms with Gasteiger partial charge in [0.2, 0.25) is 0 Å². The fourth-order valence-electron chi connectivity index (χ4n) is 2.98. The van der Waals surface area contributed by atoms with Gasteiger partial charge in [-0.25, -0.2) is 0 Å². The number of benzene rings is 2. The molecular formula is C23H34O2. The molecule has 2 heteroatoms. The average molecular weight is 343 g/mol. The Morgan fingerprint density at radius 1 is 0.680 bits per heavy atom. The molecule has 0 aliphatic rings. The zero-order chi connectivity index (χ0) is 19.4. The molecule has 0 aliphatic carbocycles. The van der Waals surface area contributed by atoms with E-state index in [1.165, 1.54) is 11.1 Å². The van der Waals surface area contributed by atoms with E-state index >= 15 is 0 Å². The summed E-state index contributed by atoms with van der Waals surface area (Å²) in [6.45, 7) is 16.7. The maximum absolute atomic E-state index is 10.1. The Morgan fingerprint density at radius 3 is 1.28 bits per heavy atom. The van der Waals surface area contributed by atoms with E-state index in [1.54, 1.807) is 12.1 Å². The molecule has 0 unspecified atom stereocenters. The summed E-state index contributed by atoms with van der Waals surface area (Å²) in [6, 6.07) is 11.8. The van der Waals surface area contributed by atoms with Gasteiger partial charge in [-0.05, 0) is 46.2 Å². The van der Waals surface area contributed by atoms with Crippen molar-refractivity contribution in [3.8, 4) is 11.5 Å². The zero-order valence-corrected chi connectivity index (χ0v) is 17.0. The van der Waals surface area contributed by atoms with Gasteiger partial charge in [-0.3, -0.25) is 0 Å². The summed E-state index contributed by atoms with van der Waals surface area (Å²) in [5, 5.41) is 20.1. The van der Waals surface area contributed by atoms with Crippen LogP contribution >= 0.6 is 0 Å². The molecule has 2 N–H and O–H groups in total. The Hall–Kier alpha value is -1.96. The molecule has 0 aromatic heterocycles. The molecule has 0 saturated heterocycles. The highest BCUT2D eigenvalue weighted by molar-refractivity contribution is 5.48. The van der Waals surface area contributed by atoms with Gasteiger partial charge in [0.05, 0.1) is 0 Å². The van der Waals surface area contributed by atoms with Gasteiger partial charge in [-0.2, -0.15) is 0 Å². The number of rotatable bonds is 4. The van der Waals surface area contributed by atoms with E-state index in [2.05, 4.69) is 53.7 Å². The average Bonchev–Trinajstić information content (AvgIpc) is 2.56. The molecule has 0 fully saturated rings. The van der Waals surface area contributed by atoms with Crippen molar-refractivity contribution in [2.45, 2.75) is 72.6 Å². The summed E-state index contributed by atoms with van der Waals surface area (Å²) < 4.78 is 0. The normalized spacial score (nSPS) is 11.4. The minimum absolute atomic E-state index is 0.200. The highest BCUT2D eigenvalue weighted by Crippen LogP contribution is 2.38. The maximum atomic E-state index is 10.1. The third-order valence-corrected chi connectivity index (χ3v) is 4.74. The summed E-state index contributed by atoms with van der Waals surface area (Å²) in [5.74, 6) is 1.26. The highest BCUT2D eigenvalue weighted by Gasteiger charge is 2.25. The van der Waals surface area contributed by atoms with E-state index < -0.39 is 0 Å². The van der Waals surface area contributed by atoms with Crippen LogP contribution in [0.25, 0.3) is 0 Å². The van der Waals surface area contributed by atoms with Gasteiger partial charge in [0, 0.05) is 5.41 Å². The van der Waals surface area contributed by atoms with Gasteiger partial charge in [0.1, 0.15) is 11.5 Å². The topological polar surface area (TPSA) is 40.5 Å². The number of hydrogen-bond donors (Lipinski definition) is 2. The minimum atomic E-state index is -0.200. The second-order valence-electron chi connectivity index (χ2n) is 7.48. The van der Waals surface area contributed by atoms with Crippen LogP contribution in [-0.2, 0) is 5.41 Å². The van der Waals surface area contributed by atoms with Crippen molar-refractivity contribution in [3.63, 3.8) is 0 Å². The molecule has 0 amide bonds. The van der Waals surface area contributed by atoms with Crippen LogP contribution in [0.1, 0.15) is 89.5 Å². The monoisotopic (exact) mass is 342 g/mol. The van der Waals surface area contributed by atoms with E-state index in [4.69, 9.17) is 0 Å². The summed E-state index contributed by atoms with van der Waals surface area (Å²) in [5.41, 5.74) is 4.07. The Labute approximate surface area is 153 Å². The summed E-state index contributed by atoms with van der Waals surface area (Å²) in [6.07, 6.45) is 0. The molecular weight excluding hydrogens is 308 g/mol. The first kappa shape index (κ1) is 21.1. The number of phenolic OH excluding ortho intramolecular Hbond substituents is 2. The number of phenols is 2. The number of aromatic hydroxyl groups is 2. The van der Waals surface area contributed by atoms with Crippen LogP contribution in [0.5, 0.6) is 11.5 Å². The zero-order valence-electron chi connectivity index (χ0n) is 17.0. The standard InChI is InChI=1S/C21H28O2.C2H6/c1-13(2)17-11-15(7-9-19(17)22)21(5,6)16-8-10-20(23)18(12-16)14(3)4;1-2/h7-14,22-23H,1-6H3;1-2H3. The van der Waals surface area contributed by atoms with Crippen molar-refractivity contribution < 1.29 is 10.2 Å². The SMILES string of the molecule is CC.CC(C)c1cc(C(C)(C)c2ccc(O)c(C(C)C)c2)ccc1O. The molecule has 0 heterocycles. The third kappa shape index (κ3) is 4.56. The van der Waals surface area contributed by atoms with E-state index in [0.29, 0.717) is 11.5 Å². The van der Waals surface area contributed by atoms with Crippen LogP contribution in [0.4, 0.5) is 0 Å². The lowest BCUT2D eigenvalue weighted by atomic mass is 9.76. The van der Waals surface area contributed by atoms with Crippen molar-refractivity contribution in [3.05, 3.63) is 58.7 Å². The van der Waals surface area contributed by atoms with E-state index in [9.17, 15) is 10.2 Å². The molecule has 0 radical (unpaired) electrons. The molecule has 138 valence electrons. The fourth-order valence-corrected chi connectivity index (χ4v) is 2.98. The lowest BCUT2D eigenvalue weighted by molar-refractivity contribution is 0.463. The maximum Gasteiger partial charge on any atom is 0.119 e. The predicted octanol–water partition coefficient (Wildman–Crippen LogP) is 6.70. The quantitative estimate of drug-likeness (QED) is 0.649. The predicted molar refractivity (Wildman–Crippen MR) is 108 cm³/mol. The molecule has 2 aromatic rings. The Kier molecular flexibility index (Phi) is 7.10. The Bertz CT molecular complexity index is 638. The van der Waals surface area contributed by atoms with Crippen molar-refractivity contribution in [1.29, 1.82) is 0 Å². The molecule has 0 saturated carbocycles. The van der Waals surface area contributed by atoms with Gasteiger partial charge in [0.25, 0.3) is 0 Å². The molecule has 0 atom stereocenters. The number of hydrogen-bond acceptors (Lipinski definition) is 2. The van der Waals surface area contributed by atoms with Crippen LogP contribution in [0.2, 0.25) is 0 Å². The van der Waals surface area contributed by atoms with E-state index in [0.717, 1.165) is 11.1 Å². The molecule has 25 heavy (non-hydrogen) atoms. The lowest BCUT2D eigenvalue weighted by Gasteiger charge is -2.28. The molecule has 0 spiro atoms.